The molecule has 0 saturated carbocycles. The molecule has 0 aliphatic carbocycles. The Kier molecular flexibility index (Phi) is 4.27. The minimum Gasteiger partial charge on any atom is -0.501 e. The highest BCUT2D eigenvalue weighted by Crippen LogP contribution is 2.22. The average molecular weight is 175 g/mol. The quantitative estimate of drug-likeness (QED) is 0.362. The zero-order valence-corrected chi connectivity index (χ0v) is 8.11. The number of halogens is 1. The number of allylic oxidation sites excluding steroid dienone is 2. The topological polar surface area (TPSA) is 9.23 Å². The van der Waals surface area contributed by atoms with E-state index in [-0.39, 0.29) is 4.87 Å². The third-order valence-corrected chi connectivity index (χ3v) is 1.54. The second-order valence-corrected chi connectivity index (χ2v) is 3.70. The van der Waals surface area contributed by atoms with Crippen molar-refractivity contribution in [1.29, 1.82) is 0 Å². The molecule has 0 aromatic heterocycles. The monoisotopic (exact) mass is 174 g/mol. The van der Waals surface area contributed by atoms with Crippen molar-refractivity contribution in [3.63, 3.8) is 0 Å². The van der Waals surface area contributed by atoms with Crippen LogP contribution < -0.4 is 0 Å². The fourth-order valence-corrected chi connectivity index (χ4v) is 0.488. The van der Waals surface area contributed by atoms with Crippen LogP contribution in [0.25, 0.3) is 0 Å². The molecule has 0 N–H and O–H groups in total. The van der Waals surface area contributed by atoms with Crippen LogP contribution in [0.2, 0.25) is 0 Å². The van der Waals surface area contributed by atoms with E-state index >= 15 is 0 Å². The molecule has 0 saturated heterocycles. The summed E-state index contributed by atoms with van der Waals surface area (Å²) in [4.78, 5) is -0.381. The first-order valence-corrected chi connectivity index (χ1v) is 4.02. The van der Waals surface area contributed by atoms with Crippen LogP contribution in [0.5, 0.6) is 0 Å². The Balaban J connectivity index is 3.88. The summed E-state index contributed by atoms with van der Waals surface area (Å²) in [5.41, 5.74) is 0.854. The van der Waals surface area contributed by atoms with E-state index in [1.807, 2.05) is 20.8 Å². The normalized spacial score (nSPS) is 12.0. The summed E-state index contributed by atoms with van der Waals surface area (Å²) in [5.74, 6) is 0. The van der Waals surface area contributed by atoms with Gasteiger partial charge in [0.1, 0.15) is 0 Å². The third kappa shape index (κ3) is 4.91. The van der Waals surface area contributed by atoms with Crippen LogP contribution in [-0.2, 0) is 4.74 Å². The molecule has 0 atom stereocenters. The minimum atomic E-state index is -0.381. The predicted molar refractivity (Wildman–Crippen MR) is 49.8 cm³/mol. The lowest BCUT2D eigenvalue weighted by molar-refractivity contribution is 0.269. The summed E-state index contributed by atoms with van der Waals surface area (Å²) in [6, 6.07) is 0. The van der Waals surface area contributed by atoms with E-state index in [2.05, 4.69) is 6.58 Å². The van der Waals surface area contributed by atoms with E-state index < -0.39 is 0 Å². The maximum absolute atomic E-state index is 5.96. The lowest BCUT2D eigenvalue weighted by Gasteiger charge is -2.15. The summed E-state index contributed by atoms with van der Waals surface area (Å²) in [7, 11) is 0. The van der Waals surface area contributed by atoms with Gasteiger partial charge in [0.05, 0.1) is 17.7 Å². The molecule has 0 radical (unpaired) electrons. The van der Waals surface area contributed by atoms with Gasteiger partial charge in [0.2, 0.25) is 0 Å². The molecule has 0 unspecified atom stereocenters. The lowest BCUT2D eigenvalue weighted by Crippen LogP contribution is -2.11. The highest BCUT2D eigenvalue weighted by atomic mass is 35.5. The molecule has 0 aliphatic rings. The number of ether oxygens (including phenoxy) is 1. The largest absolute Gasteiger partial charge is 0.501 e. The molecule has 0 spiro atoms. The molecule has 0 aliphatic heterocycles. The molecule has 0 bridgehead atoms. The molecule has 64 valence electrons. The summed E-state index contributed by atoms with van der Waals surface area (Å²) < 4.78 is 5.00. The van der Waals surface area contributed by atoms with E-state index in [1.54, 1.807) is 12.3 Å². The van der Waals surface area contributed by atoms with Crippen molar-refractivity contribution in [3.8, 4) is 0 Å². The van der Waals surface area contributed by atoms with Gasteiger partial charge in [0, 0.05) is 0 Å². The molecule has 0 heterocycles. The smallest absolute Gasteiger partial charge is 0.0845 e. The fourth-order valence-electron chi connectivity index (χ4n) is 0.425. The van der Waals surface area contributed by atoms with Crippen molar-refractivity contribution in [2.24, 2.45) is 0 Å². The number of hydrogen-bond acceptors (Lipinski definition) is 1. The second kappa shape index (κ2) is 4.45. The Hall–Kier alpha value is -0.430. The zero-order chi connectivity index (χ0) is 8.91. The van der Waals surface area contributed by atoms with E-state index in [0.717, 1.165) is 5.57 Å². The van der Waals surface area contributed by atoms with Gasteiger partial charge in [0.15, 0.2) is 0 Å². The maximum atomic E-state index is 5.96. The Morgan fingerprint density at radius 1 is 1.64 bits per heavy atom. The molecule has 11 heavy (non-hydrogen) atoms. The predicted octanol–water partition coefficient (Wildman–Crippen LogP) is 3.11. The SMILES string of the molecule is C=C(/C=C/OCC)C(C)(C)Cl. The molecule has 0 fully saturated rings. The zero-order valence-electron chi connectivity index (χ0n) is 7.36. The lowest BCUT2D eigenvalue weighted by atomic mass is 10.1. The van der Waals surface area contributed by atoms with E-state index in [4.69, 9.17) is 16.3 Å². The average Bonchev–Trinajstić information content (AvgIpc) is 1.86. The summed E-state index contributed by atoms with van der Waals surface area (Å²) >= 11 is 5.96. The van der Waals surface area contributed by atoms with Crippen LogP contribution in [-0.4, -0.2) is 11.5 Å². The Labute approximate surface area is 73.7 Å². The van der Waals surface area contributed by atoms with Gasteiger partial charge in [-0.25, -0.2) is 0 Å². The number of rotatable bonds is 4. The standard InChI is InChI=1S/C9H15ClO/c1-5-11-7-6-8(2)9(3,4)10/h6-7H,2,5H2,1,3-4H3/b7-6+. The van der Waals surface area contributed by atoms with Crippen LogP contribution in [0, 0.1) is 0 Å². The Morgan fingerprint density at radius 3 is 2.55 bits per heavy atom. The first kappa shape index (κ1) is 10.6. The molecule has 0 amide bonds. The van der Waals surface area contributed by atoms with E-state index in [9.17, 15) is 0 Å². The first-order chi connectivity index (χ1) is 4.98. The molecule has 1 nitrogen and oxygen atoms in total. The fraction of sp³-hybridized carbons (Fsp3) is 0.556. The molecular formula is C9H15ClO. The molecule has 0 aromatic rings. The van der Waals surface area contributed by atoms with Gasteiger partial charge >= 0.3 is 0 Å². The summed E-state index contributed by atoms with van der Waals surface area (Å²) in [6.07, 6.45) is 3.41. The van der Waals surface area contributed by atoms with Gasteiger partial charge in [-0.3, -0.25) is 0 Å². The second-order valence-electron chi connectivity index (χ2n) is 2.76. The Morgan fingerprint density at radius 2 is 2.18 bits per heavy atom. The van der Waals surface area contributed by atoms with Crippen molar-refractivity contribution in [3.05, 3.63) is 24.5 Å². The van der Waals surface area contributed by atoms with Crippen LogP contribution in [0.15, 0.2) is 24.5 Å². The Bertz CT molecular complexity index is 153. The molecule has 2 heteroatoms. The van der Waals surface area contributed by atoms with Gasteiger partial charge in [-0.05, 0) is 32.4 Å². The van der Waals surface area contributed by atoms with Crippen molar-refractivity contribution >= 4 is 11.6 Å². The van der Waals surface area contributed by atoms with Crippen molar-refractivity contribution in [2.45, 2.75) is 25.6 Å². The van der Waals surface area contributed by atoms with Gasteiger partial charge in [-0.1, -0.05) is 6.58 Å². The number of hydrogen-bond donors (Lipinski definition) is 0. The van der Waals surface area contributed by atoms with E-state index in [0.29, 0.717) is 6.61 Å². The highest BCUT2D eigenvalue weighted by Gasteiger charge is 2.14. The molecular weight excluding hydrogens is 160 g/mol. The summed E-state index contributed by atoms with van der Waals surface area (Å²) in [6.45, 7) is 10.2. The van der Waals surface area contributed by atoms with Crippen molar-refractivity contribution < 1.29 is 4.74 Å². The van der Waals surface area contributed by atoms with Gasteiger partial charge in [-0.15, -0.1) is 11.6 Å². The van der Waals surface area contributed by atoms with Crippen LogP contribution in [0.4, 0.5) is 0 Å². The number of alkyl halides is 1. The first-order valence-electron chi connectivity index (χ1n) is 3.65. The molecule has 0 aromatic carbocycles. The maximum Gasteiger partial charge on any atom is 0.0845 e. The minimum absolute atomic E-state index is 0.381. The van der Waals surface area contributed by atoms with Gasteiger partial charge in [0.25, 0.3) is 0 Å². The molecule has 0 rings (SSSR count). The van der Waals surface area contributed by atoms with E-state index in [1.165, 1.54) is 0 Å². The van der Waals surface area contributed by atoms with Crippen LogP contribution in [0.1, 0.15) is 20.8 Å². The van der Waals surface area contributed by atoms with Gasteiger partial charge in [-0.2, -0.15) is 0 Å². The third-order valence-electron chi connectivity index (χ3n) is 1.30. The van der Waals surface area contributed by atoms with Crippen molar-refractivity contribution in [1.82, 2.24) is 0 Å². The van der Waals surface area contributed by atoms with Crippen LogP contribution >= 0.6 is 11.6 Å². The highest BCUT2D eigenvalue weighted by molar-refractivity contribution is 6.25. The van der Waals surface area contributed by atoms with Gasteiger partial charge < -0.3 is 4.74 Å². The van der Waals surface area contributed by atoms with Crippen molar-refractivity contribution in [2.75, 3.05) is 6.61 Å². The summed E-state index contributed by atoms with van der Waals surface area (Å²) in [5, 5.41) is 0. The van der Waals surface area contributed by atoms with Crippen LogP contribution in [0.3, 0.4) is 0 Å².